The van der Waals surface area contributed by atoms with Crippen LogP contribution in [0, 0.1) is 0 Å². The fraction of sp³-hybridized carbons (Fsp3) is 0.150. The molecule has 3 aromatic rings. The van der Waals surface area contributed by atoms with E-state index in [9.17, 15) is 4.79 Å². The molecular weight excluding hydrogens is 336 g/mol. The largest absolute Gasteiger partial charge is 0.455 e. The summed E-state index contributed by atoms with van der Waals surface area (Å²) in [5, 5.41) is 0. The van der Waals surface area contributed by atoms with Gasteiger partial charge < -0.3 is 15.1 Å². The van der Waals surface area contributed by atoms with Gasteiger partial charge in [-0.25, -0.2) is 0 Å². The maximum atomic E-state index is 12.7. The lowest BCUT2D eigenvalue weighted by Gasteiger charge is -2.16. The summed E-state index contributed by atoms with van der Waals surface area (Å²) in [7, 11) is 0. The van der Waals surface area contributed by atoms with Gasteiger partial charge in [0.15, 0.2) is 5.76 Å². The molecule has 0 saturated carbocycles. The van der Waals surface area contributed by atoms with E-state index in [0.29, 0.717) is 24.6 Å². The number of carbonyl (C=O) groups excluding carboxylic acids is 1. The van der Waals surface area contributed by atoms with Gasteiger partial charge in [-0.2, -0.15) is 0 Å². The highest BCUT2D eigenvalue weighted by Gasteiger charge is 2.27. The molecule has 0 aliphatic carbocycles. The van der Waals surface area contributed by atoms with Gasteiger partial charge in [-0.1, -0.05) is 36.4 Å². The highest BCUT2D eigenvalue weighted by atomic mass is 35.5. The van der Waals surface area contributed by atoms with Crippen LogP contribution in [0.1, 0.15) is 21.9 Å². The molecule has 1 aliphatic rings. The van der Waals surface area contributed by atoms with Crippen molar-refractivity contribution in [2.75, 3.05) is 11.4 Å². The highest BCUT2D eigenvalue weighted by molar-refractivity contribution is 6.05. The van der Waals surface area contributed by atoms with Gasteiger partial charge in [0.25, 0.3) is 5.91 Å². The molecule has 1 aliphatic heterocycles. The van der Waals surface area contributed by atoms with Crippen LogP contribution >= 0.6 is 12.4 Å². The van der Waals surface area contributed by atoms with Crippen molar-refractivity contribution in [3.05, 3.63) is 77.7 Å². The lowest BCUT2D eigenvalue weighted by molar-refractivity contribution is 0.0961. The predicted octanol–water partition coefficient (Wildman–Crippen LogP) is 4.03. The Morgan fingerprint density at radius 1 is 1.04 bits per heavy atom. The number of carbonyl (C=O) groups is 1. The van der Waals surface area contributed by atoms with Crippen LogP contribution < -0.4 is 10.6 Å². The molecule has 4 nitrogen and oxygen atoms in total. The lowest BCUT2D eigenvalue weighted by Crippen LogP contribution is -2.28. The Balaban J connectivity index is 0.00000182. The SMILES string of the molecule is Cl.NCc1ccc(C(=O)N2CCc3cc(-c4ccccc4)ccc32)o1. The van der Waals surface area contributed by atoms with Gasteiger partial charge in [0.05, 0.1) is 6.54 Å². The molecule has 0 saturated heterocycles. The summed E-state index contributed by atoms with van der Waals surface area (Å²) in [5.41, 5.74) is 10.1. The maximum absolute atomic E-state index is 12.7. The fourth-order valence-corrected chi connectivity index (χ4v) is 3.16. The van der Waals surface area contributed by atoms with Crippen molar-refractivity contribution in [1.82, 2.24) is 0 Å². The van der Waals surface area contributed by atoms with Crippen molar-refractivity contribution in [3.8, 4) is 11.1 Å². The van der Waals surface area contributed by atoms with Crippen molar-refractivity contribution in [2.24, 2.45) is 5.73 Å². The molecule has 0 bridgehead atoms. The smallest absolute Gasteiger partial charge is 0.293 e. The van der Waals surface area contributed by atoms with Crippen LogP contribution in [0.4, 0.5) is 5.69 Å². The fourth-order valence-electron chi connectivity index (χ4n) is 3.16. The van der Waals surface area contributed by atoms with Crippen molar-refractivity contribution in [2.45, 2.75) is 13.0 Å². The Morgan fingerprint density at radius 3 is 2.56 bits per heavy atom. The van der Waals surface area contributed by atoms with E-state index in [0.717, 1.165) is 12.1 Å². The quantitative estimate of drug-likeness (QED) is 0.772. The van der Waals surface area contributed by atoms with E-state index in [1.165, 1.54) is 16.7 Å². The summed E-state index contributed by atoms with van der Waals surface area (Å²) in [5.74, 6) is 0.855. The summed E-state index contributed by atoms with van der Waals surface area (Å²) in [6.45, 7) is 0.968. The van der Waals surface area contributed by atoms with E-state index in [2.05, 4.69) is 24.3 Å². The summed E-state index contributed by atoms with van der Waals surface area (Å²) >= 11 is 0. The van der Waals surface area contributed by atoms with Gasteiger partial charge >= 0.3 is 0 Å². The number of halogens is 1. The van der Waals surface area contributed by atoms with E-state index in [1.807, 2.05) is 24.3 Å². The Kier molecular flexibility index (Phi) is 4.93. The van der Waals surface area contributed by atoms with Crippen molar-refractivity contribution < 1.29 is 9.21 Å². The number of fused-ring (bicyclic) bond motifs is 1. The number of benzene rings is 2. The predicted molar refractivity (Wildman–Crippen MR) is 101 cm³/mol. The minimum Gasteiger partial charge on any atom is -0.455 e. The Labute approximate surface area is 152 Å². The second-order valence-electron chi connectivity index (χ2n) is 5.89. The van der Waals surface area contributed by atoms with Crippen LogP contribution in [0.3, 0.4) is 0 Å². The number of amides is 1. The zero-order chi connectivity index (χ0) is 16.5. The average molecular weight is 355 g/mol. The molecule has 2 aromatic carbocycles. The third-order valence-corrected chi connectivity index (χ3v) is 4.40. The standard InChI is InChI=1S/C20H18N2O2.ClH/c21-13-17-7-9-19(24-17)20(23)22-11-10-16-12-15(6-8-18(16)22)14-4-2-1-3-5-14;/h1-9,12H,10-11,13,21H2;1H. The first-order valence-corrected chi connectivity index (χ1v) is 8.05. The third-order valence-electron chi connectivity index (χ3n) is 4.40. The van der Waals surface area contributed by atoms with Crippen LogP contribution in [-0.2, 0) is 13.0 Å². The first kappa shape index (κ1) is 17.3. The Bertz CT molecular complexity index is 890. The molecule has 0 atom stereocenters. The maximum Gasteiger partial charge on any atom is 0.293 e. The number of anilines is 1. The molecule has 4 rings (SSSR count). The van der Waals surface area contributed by atoms with Gasteiger partial charge in [0.2, 0.25) is 0 Å². The summed E-state index contributed by atoms with van der Waals surface area (Å²) in [6.07, 6.45) is 0.853. The van der Waals surface area contributed by atoms with Crippen LogP contribution in [0.2, 0.25) is 0 Å². The highest BCUT2D eigenvalue weighted by Crippen LogP contribution is 2.33. The van der Waals surface area contributed by atoms with Crippen LogP contribution in [0.15, 0.2) is 65.1 Å². The number of nitrogens with zero attached hydrogens (tertiary/aromatic N) is 1. The third kappa shape index (κ3) is 3.18. The Morgan fingerprint density at radius 2 is 1.84 bits per heavy atom. The van der Waals surface area contributed by atoms with E-state index in [-0.39, 0.29) is 18.3 Å². The number of furan rings is 1. The van der Waals surface area contributed by atoms with E-state index in [1.54, 1.807) is 17.0 Å². The average Bonchev–Trinajstić information content (AvgIpc) is 3.28. The lowest BCUT2D eigenvalue weighted by atomic mass is 10.0. The molecule has 128 valence electrons. The van der Waals surface area contributed by atoms with Crippen LogP contribution in [0.5, 0.6) is 0 Å². The van der Waals surface area contributed by atoms with Crippen molar-refractivity contribution in [1.29, 1.82) is 0 Å². The van der Waals surface area contributed by atoms with Crippen LogP contribution in [0.25, 0.3) is 11.1 Å². The van der Waals surface area contributed by atoms with Crippen LogP contribution in [-0.4, -0.2) is 12.5 Å². The first-order valence-electron chi connectivity index (χ1n) is 8.05. The summed E-state index contributed by atoms with van der Waals surface area (Å²) in [4.78, 5) is 14.5. The molecule has 25 heavy (non-hydrogen) atoms. The molecule has 5 heteroatoms. The first-order chi connectivity index (χ1) is 11.8. The summed E-state index contributed by atoms with van der Waals surface area (Å²) < 4.78 is 5.50. The minimum absolute atomic E-state index is 0. The van der Waals surface area contributed by atoms with Gasteiger partial charge in [0.1, 0.15) is 5.76 Å². The topological polar surface area (TPSA) is 59.5 Å². The number of hydrogen-bond donors (Lipinski definition) is 1. The second kappa shape index (κ2) is 7.13. The Hall–Kier alpha value is -2.56. The minimum atomic E-state index is -0.110. The number of hydrogen-bond acceptors (Lipinski definition) is 3. The van der Waals surface area contributed by atoms with Gasteiger partial charge in [-0.3, -0.25) is 4.79 Å². The summed E-state index contributed by atoms with van der Waals surface area (Å²) in [6, 6.07) is 20.0. The van der Waals surface area contributed by atoms with E-state index >= 15 is 0 Å². The molecule has 1 amide bonds. The monoisotopic (exact) mass is 354 g/mol. The van der Waals surface area contributed by atoms with Crippen molar-refractivity contribution >= 4 is 24.0 Å². The molecular formula is C20H19ClN2O2. The zero-order valence-corrected chi connectivity index (χ0v) is 14.5. The molecule has 0 radical (unpaired) electrons. The molecule has 2 heterocycles. The molecule has 1 aromatic heterocycles. The molecule has 0 fully saturated rings. The normalized spacial score (nSPS) is 12.6. The van der Waals surface area contributed by atoms with Crippen molar-refractivity contribution in [3.63, 3.8) is 0 Å². The van der Waals surface area contributed by atoms with E-state index < -0.39 is 0 Å². The van der Waals surface area contributed by atoms with Gasteiger partial charge in [0, 0.05) is 12.2 Å². The molecule has 0 spiro atoms. The van der Waals surface area contributed by atoms with Gasteiger partial charge in [-0.15, -0.1) is 12.4 Å². The van der Waals surface area contributed by atoms with E-state index in [4.69, 9.17) is 10.2 Å². The number of rotatable bonds is 3. The zero-order valence-electron chi connectivity index (χ0n) is 13.6. The molecule has 0 unspecified atom stereocenters. The molecule has 2 N–H and O–H groups in total. The second-order valence-corrected chi connectivity index (χ2v) is 5.89. The van der Waals surface area contributed by atoms with Gasteiger partial charge in [-0.05, 0) is 47.4 Å². The number of nitrogens with two attached hydrogens (primary N) is 1.